The molecule has 5 heteroatoms. The Morgan fingerprint density at radius 2 is 1.92 bits per heavy atom. The van der Waals surface area contributed by atoms with Crippen LogP contribution in [0.5, 0.6) is 0 Å². The molecule has 0 aliphatic rings. The van der Waals surface area contributed by atoms with Crippen LogP contribution in [0.3, 0.4) is 0 Å². The normalized spacial score (nSPS) is 10.2. The minimum absolute atomic E-state index is 0.131. The van der Waals surface area contributed by atoms with Crippen LogP contribution < -0.4 is 0 Å². The lowest BCUT2D eigenvalue weighted by Crippen LogP contribution is -1.95. The van der Waals surface area contributed by atoms with E-state index in [1.807, 2.05) is 13.0 Å². The quantitative estimate of drug-likeness (QED) is 0.586. The maximum Gasteiger partial charge on any atom is 0.287 e. The first-order valence-corrected chi connectivity index (χ1v) is 5.13. The van der Waals surface area contributed by atoms with E-state index in [-0.39, 0.29) is 10.6 Å². The number of hydrogen-bond donors (Lipinski definition) is 0. The lowest BCUT2D eigenvalue weighted by molar-refractivity contribution is -0.386. The topological polar surface area (TPSA) is 43.1 Å². The molecule has 0 atom stereocenters. The lowest BCUT2D eigenvalue weighted by Gasteiger charge is -2.05. The number of halogens is 2. The van der Waals surface area contributed by atoms with Gasteiger partial charge in [-0.15, -0.1) is 0 Å². The Hall–Kier alpha value is -0.420. The largest absolute Gasteiger partial charge is 0.287 e. The molecule has 0 N–H and O–H groups in total. The van der Waals surface area contributed by atoms with Crippen molar-refractivity contribution in [2.45, 2.75) is 13.8 Å². The van der Waals surface area contributed by atoms with Gasteiger partial charge >= 0.3 is 0 Å². The third kappa shape index (κ3) is 1.91. The molecule has 0 spiro atoms. The summed E-state index contributed by atoms with van der Waals surface area (Å²) in [7, 11) is 0. The highest BCUT2D eigenvalue weighted by Gasteiger charge is 2.19. The monoisotopic (exact) mass is 307 g/mol. The van der Waals surface area contributed by atoms with Gasteiger partial charge in [0, 0.05) is 10.0 Å². The fraction of sp³-hybridized carbons (Fsp3) is 0.250. The molecule has 0 saturated heterocycles. The van der Waals surface area contributed by atoms with E-state index in [1.54, 1.807) is 6.92 Å². The van der Waals surface area contributed by atoms with Gasteiger partial charge in [-0.1, -0.05) is 0 Å². The van der Waals surface area contributed by atoms with Gasteiger partial charge in [0.25, 0.3) is 5.69 Å². The van der Waals surface area contributed by atoms with Gasteiger partial charge in [0.2, 0.25) is 0 Å². The van der Waals surface area contributed by atoms with E-state index in [0.29, 0.717) is 14.5 Å². The third-order valence-corrected chi connectivity index (χ3v) is 3.85. The number of nitrogens with zero attached hydrogens (tertiary/aromatic N) is 1. The Labute approximate surface area is 92.5 Å². The molecule has 0 fully saturated rings. The maximum atomic E-state index is 10.7. The summed E-state index contributed by atoms with van der Waals surface area (Å²) in [6.45, 7) is 3.59. The molecule has 0 aliphatic heterocycles. The minimum atomic E-state index is -0.378. The molecule has 0 bridgehead atoms. The summed E-state index contributed by atoms with van der Waals surface area (Å²) in [4.78, 5) is 10.3. The summed E-state index contributed by atoms with van der Waals surface area (Å²) in [5.74, 6) is 0. The molecule has 0 radical (unpaired) electrons. The first-order valence-electron chi connectivity index (χ1n) is 3.54. The van der Waals surface area contributed by atoms with Gasteiger partial charge in [-0.3, -0.25) is 10.1 Å². The second-order valence-electron chi connectivity index (χ2n) is 2.72. The Morgan fingerprint density at radius 3 is 2.38 bits per heavy atom. The predicted molar refractivity (Wildman–Crippen MR) is 58.0 cm³/mol. The third-order valence-electron chi connectivity index (χ3n) is 1.89. The molecule has 3 nitrogen and oxygen atoms in total. The molecular formula is C8H7Br2NO2. The molecular weight excluding hydrogens is 302 g/mol. The highest BCUT2D eigenvalue weighted by molar-refractivity contribution is 9.13. The van der Waals surface area contributed by atoms with Gasteiger partial charge in [0.15, 0.2) is 0 Å². The Morgan fingerprint density at radius 1 is 1.38 bits per heavy atom. The number of nitro groups is 1. The molecule has 0 aliphatic carbocycles. The predicted octanol–water partition coefficient (Wildman–Crippen LogP) is 3.74. The lowest BCUT2D eigenvalue weighted by atomic mass is 10.1. The average molecular weight is 309 g/mol. The summed E-state index contributed by atoms with van der Waals surface area (Å²) in [6, 6.07) is 1.85. The fourth-order valence-electron chi connectivity index (χ4n) is 1.04. The van der Waals surface area contributed by atoms with Crippen molar-refractivity contribution in [3.63, 3.8) is 0 Å². The number of hydrogen-bond acceptors (Lipinski definition) is 2. The van der Waals surface area contributed by atoms with Crippen LogP contribution in [0.4, 0.5) is 5.69 Å². The van der Waals surface area contributed by atoms with Crippen LogP contribution in [-0.2, 0) is 0 Å². The number of aryl methyl sites for hydroxylation is 1. The average Bonchev–Trinajstić information content (AvgIpc) is 2.01. The van der Waals surface area contributed by atoms with Gasteiger partial charge < -0.3 is 0 Å². The smallest absolute Gasteiger partial charge is 0.258 e. The van der Waals surface area contributed by atoms with Crippen molar-refractivity contribution in [2.75, 3.05) is 0 Å². The Kier molecular flexibility index (Phi) is 3.08. The van der Waals surface area contributed by atoms with E-state index in [9.17, 15) is 10.1 Å². The van der Waals surface area contributed by atoms with Gasteiger partial charge in [-0.05, 0) is 57.3 Å². The zero-order valence-corrected chi connectivity index (χ0v) is 10.3. The number of nitro benzene ring substituents is 1. The standard InChI is InChI=1S/C8H7Br2NO2/c1-4-3-6(9)7(10)8(5(4)2)11(12)13/h3H,1-2H3. The van der Waals surface area contributed by atoms with Crippen LogP contribution in [0, 0.1) is 24.0 Å². The Bertz CT molecular complexity index is 351. The van der Waals surface area contributed by atoms with Gasteiger partial charge in [0.05, 0.1) is 4.92 Å². The molecule has 1 aromatic carbocycles. The van der Waals surface area contributed by atoms with Crippen LogP contribution in [0.1, 0.15) is 11.1 Å². The van der Waals surface area contributed by atoms with E-state index >= 15 is 0 Å². The van der Waals surface area contributed by atoms with Crippen molar-refractivity contribution < 1.29 is 4.92 Å². The molecule has 0 unspecified atom stereocenters. The Balaban J connectivity index is 3.56. The SMILES string of the molecule is Cc1cc(Br)c(Br)c([N+](=O)[O-])c1C. The molecule has 0 heterocycles. The molecule has 1 rings (SSSR count). The summed E-state index contributed by atoms with van der Waals surface area (Å²) in [5.41, 5.74) is 1.73. The summed E-state index contributed by atoms with van der Waals surface area (Å²) < 4.78 is 1.21. The molecule has 0 aromatic heterocycles. The highest BCUT2D eigenvalue weighted by Crippen LogP contribution is 2.36. The fourth-order valence-corrected chi connectivity index (χ4v) is 2.13. The van der Waals surface area contributed by atoms with Crippen molar-refractivity contribution >= 4 is 37.5 Å². The zero-order valence-electron chi connectivity index (χ0n) is 7.10. The van der Waals surface area contributed by atoms with E-state index in [2.05, 4.69) is 31.9 Å². The number of rotatable bonds is 1. The van der Waals surface area contributed by atoms with E-state index < -0.39 is 0 Å². The van der Waals surface area contributed by atoms with E-state index in [0.717, 1.165) is 5.56 Å². The van der Waals surface area contributed by atoms with E-state index in [4.69, 9.17) is 0 Å². The van der Waals surface area contributed by atoms with Gasteiger partial charge in [-0.2, -0.15) is 0 Å². The van der Waals surface area contributed by atoms with Gasteiger partial charge in [0.1, 0.15) is 4.47 Å². The van der Waals surface area contributed by atoms with Gasteiger partial charge in [-0.25, -0.2) is 0 Å². The zero-order chi connectivity index (χ0) is 10.2. The highest BCUT2D eigenvalue weighted by atomic mass is 79.9. The van der Waals surface area contributed by atoms with Crippen LogP contribution in [0.2, 0.25) is 0 Å². The van der Waals surface area contributed by atoms with E-state index in [1.165, 1.54) is 0 Å². The molecule has 1 aromatic rings. The molecule has 0 amide bonds. The summed E-state index contributed by atoms with van der Waals surface area (Å²) in [6.07, 6.45) is 0. The number of benzene rings is 1. The minimum Gasteiger partial charge on any atom is -0.258 e. The van der Waals surface area contributed by atoms with Crippen molar-refractivity contribution in [2.24, 2.45) is 0 Å². The second-order valence-corrected chi connectivity index (χ2v) is 4.37. The van der Waals surface area contributed by atoms with Crippen LogP contribution in [-0.4, -0.2) is 4.92 Å². The van der Waals surface area contributed by atoms with Crippen molar-refractivity contribution in [1.82, 2.24) is 0 Å². The second kappa shape index (κ2) is 3.75. The van der Waals surface area contributed by atoms with Crippen molar-refractivity contribution in [3.05, 3.63) is 36.3 Å². The first kappa shape index (κ1) is 10.7. The molecule has 0 saturated carbocycles. The summed E-state index contributed by atoms with van der Waals surface area (Å²) >= 11 is 6.43. The van der Waals surface area contributed by atoms with Crippen LogP contribution >= 0.6 is 31.9 Å². The van der Waals surface area contributed by atoms with Crippen molar-refractivity contribution in [3.8, 4) is 0 Å². The maximum absolute atomic E-state index is 10.7. The van der Waals surface area contributed by atoms with Crippen LogP contribution in [0.25, 0.3) is 0 Å². The molecule has 70 valence electrons. The summed E-state index contributed by atoms with van der Waals surface area (Å²) in [5, 5.41) is 10.7. The van der Waals surface area contributed by atoms with Crippen molar-refractivity contribution in [1.29, 1.82) is 0 Å². The molecule has 13 heavy (non-hydrogen) atoms. The van der Waals surface area contributed by atoms with Crippen LogP contribution in [0.15, 0.2) is 15.0 Å². The first-order chi connectivity index (χ1) is 5.95.